The Morgan fingerprint density at radius 3 is 1.45 bits per heavy atom. The lowest BCUT2D eigenvalue weighted by atomic mass is 9.33. The van der Waals surface area contributed by atoms with Crippen molar-refractivity contribution in [2.24, 2.45) is 0 Å². The van der Waals surface area contributed by atoms with Gasteiger partial charge >= 0.3 is 0 Å². The highest BCUT2D eigenvalue weighted by molar-refractivity contribution is 7.00. The molecule has 3 aliphatic carbocycles. The lowest BCUT2D eigenvalue weighted by molar-refractivity contribution is 0.330. The number of anilines is 9. The third-order valence-corrected chi connectivity index (χ3v) is 19.6. The van der Waals surface area contributed by atoms with E-state index in [1.807, 2.05) is 0 Å². The van der Waals surface area contributed by atoms with Gasteiger partial charge in [-0.1, -0.05) is 158 Å². The van der Waals surface area contributed by atoms with Gasteiger partial charge in [0.25, 0.3) is 6.71 Å². The molecule has 12 rings (SSSR count). The summed E-state index contributed by atoms with van der Waals surface area (Å²) in [6.45, 7) is 41.8. The highest BCUT2D eigenvalue weighted by atomic mass is 15.2. The van der Waals surface area contributed by atoms with E-state index in [9.17, 15) is 0 Å². The zero-order valence-electron chi connectivity index (χ0n) is 48.6. The number of para-hydroxylation sites is 2. The summed E-state index contributed by atoms with van der Waals surface area (Å²) >= 11 is 0. The van der Waals surface area contributed by atoms with Gasteiger partial charge in [-0.2, -0.15) is 0 Å². The minimum Gasteiger partial charge on any atom is -0.311 e. The van der Waals surface area contributed by atoms with Gasteiger partial charge in [0.05, 0.1) is 0 Å². The number of hydrogen-bond donors (Lipinski definition) is 0. The number of hydrogen-bond acceptors (Lipinski definition) is 3. The van der Waals surface area contributed by atoms with Crippen LogP contribution in [0.25, 0.3) is 0 Å². The Morgan fingerprint density at radius 1 is 0.413 bits per heavy atom. The standard InChI is InChI=1S/C71H82BN3/c1-44-36-51-54(71(16,17)43-70(51,14)15)41-59(44)75-60-42-53-52(67(8,9)32-33-68(53,10)11)40-56(60)72-55-39-49(73(47-24-20-18-21-25-47)48-26-22-19-23-27-48)28-30-58(55)74(61-37-46(65(3,4)5)38-62(75)64(61)72)57-31-29-50-63(45(57)2)69(12,13)35-34-66(50,6)7/h18-31,36-42H,32-35,43H2,1-17H3. The summed E-state index contributed by atoms with van der Waals surface area (Å²) in [6, 6.07) is 50.3. The average molecular weight is 988 g/mol. The van der Waals surface area contributed by atoms with Crippen molar-refractivity contribution in [2.45, 2.75) is 188 Å². The smallest absolute Gasteiger partial charge is 0.252 e. The second kappa shape index (κ2) is 16.3. The monoisotopic (exact) mass is 988 g/mol. The van der Waals surface area contributed by atoms with E-state index in [1.165, 1.54) is 113 Å². The van der Waals surface area contributed by atoms with Crippen LogP contribution >= 0.6 is 0 Å². The first-order valence-corrected chi connectivity index (χ1v) is 28.4. The Balaban J connectivity index is 1.24. The maximum atomic E-state index is 2.77. The highest BCUT2D eigenvalue weighted by Crippen LogP contribution is 2.57. The van der Waals surface area contributed by atoms with E-state index in [0.29, 0.717) is 0 Å². The molecule has 0 N–H and O–H groups in total. The van der Waals surface area contributed by atoms with Gasteiger partial charge in [0.15, 0.2) is 0 Å². The van der Waals surface area contributed by atoms with Crippen molar-refractivity contribution in [3.63, 3.8) is 0 Å². The van der Waals surface area contributed by atoms with Crippen LogP contribution in [0.3, 0.4) is 0 Å². The van der Waals surface area contributed by atoms with Crippen molar-refractivity contribution in [1.82, 2.24) is 0 Å². The van der Waals surface area contributed by atoms with Gasteiger partial charge in [-0.25, -0.2) is 0 Å². The molecular weight excluding hydrogens is 906 g/mol. The van der Waals surface area contributed by atoms with E-state index in [0.717, 1.165) is 36.3 Å². The summed E-state index contributed by atoms with van der Waals surface area (Å²) in [5.74, 6) is 0. The zero-order chi connectivity index (χ0) is 53.3. The van der Waals surface area contributed by atoms with Crippen LogP contribution in [0.4, 0.5) is 51.2 Å². The summed E-state index contributed by atoms with van der Waals surface area (Å²) in [5, 5.41) is 0. The largest absolute Gasteiger partial charge is 0.311 e. The summed E-state index contributed by atoms with van der Waals surface area (Å²) in [4.78, 5) is 7.96. The molecular formula is C71H82BN3. The van der Waals surface area contributed by atoms with Crippen LogP contribution in [0.5, 0.6) is 0 Å². The number of aryl methyl sites for hydroxylation is 1. The Labute approximate surface area is 451 Å². The second-order valence-electron chi connectivity index (χ2n) is 28.8. The van der Waals surface area contributed by atoms with Gasteiger partial charge < -0.3 is 14.7 Å². The van der Waals surface area contributed by atoms with Crippen molar-refractivity contribution < 1.29 is 0 Å². The molecule has 75 heavy (non-hydrogen) atoms. The zero-order valence-corrected chi connectivity index (χ0v) is 48.6. The van der Waals surface area contributed by atoms with Crippen molar-refractivity contribution >= 4 is 74.3 Å². The predicted molar refractivity (Wildman–Crippen MR) is 325 cm³/mol. The SMILES string of the molecule is Cc1cc2c(cc1N1c3cc4c(cc3B3c5cc(N(c6ccccc6)c6ccccc6)ccc5N(c5ccc6c(c5C)C(C)(C)CCC6(C)C)c5cc(C(C)(C)C)cc1c53)C(C)(C)CCC4(C)C)C(C)(C)CC2(C)C. The normalized spacial score (nSPS) is 19.6. The fourth-order valence-corrected chi connectivity index (χ4v) is 15.4. The molecule has 0 atom stereocenters. The van der Waals surface area contributed by atoms with Crippen LogP contribution in [0.2, 0.25) is 0 Å². The van der Waals surface area contributed by atoms with Gasteiger partial charge in [-0.3, -0.25) is 0 Å². The third kappa shape index (κ3) is 7.56. The minimum atomic E-state index is -0.133. The van der Waals surface area contributed by atoms with Crippen molar-refractivity contribution in [2.75, 3.05) is 14.7 Å². The molecule has 0 spiro atoms. The lowest BCUT2D eigenvalue weighted by Crippen LogP contribution is -2.62. The van der Waals surface area contributed by atoms with Gasteiger partial charge in [-0.15, -0.1) is 0 Å². The lowest BCUT2D eigenvalue weighted by Gasteiger charge is -2.49. The summed E-state index contributed by atoms with van der Waals surface area (Å²) in [7, 11) is 0. The van der Waals surface area contributed by atoms with Crippen LogP contribution in [0, 0.1) is 13.8 Å². The highest BCUT2D eigenvalue weighted by Gasteiger charge is 2.50. The number of rotatable bonds is 5. The molecule has 0 bridgehead atoms. The summed E-state index contributed by atoms with van der Waals surface area (Å²) < 4.78 is 0. The molecule has 0 aromatic heterocycles. The first-order valence-electron chi connectivity index (χ1n) is 28.4. The van der Waals surface area contributed by atoms with Crippen LogP contribution in [0.15, 0.2) is 127 Å². The molecule has 3 nitrogen and oxygen atoms in total. The molecule has 0 saturated carbocycles. The molecule has 2 aliphatic heterocycles. The van der Waals surface area contributed by atoms with Gasteiger partial charge in [0, 0.05) is 51.2 Å². The average Bonchev–Trinajstić information content (AvgIpc) is 3.59. The number of fused-ring (bicyclic) bond motifs is 7. The van der Waals surface area contributed by atoms with E-state index in [-0.39, 0.29) is 44.6 Å². The van der Waals surface area contributed by atoms with E-state index >= 15 is 0 Å². The Hall–Kier alpha value is -6.00. The van der Waals surface area contributed by atoms with Crippen LogP contribution in [-0.2, 0) is 37.9 Å². The maximum absolute atomic E-state index is 2.77. The van der Waals surface area contributed by atoms with Crippen LogP contribution in [0.1, 0.15) is 186 Å². The molecule has 7 aromatic carbocycles. The van der Waals surface area contributed by atoms with E-state index in [2.05, 4.69) is 260 Å². The Kier molecular flexibility index (Phi) is 10.8. The van der Waals surface area contributed by atoms with E-state index in [1.54, 1.807) is 0 Å². The van der Waals surface area contributed by atoms with Crippen LogP contribution in [-0.4, -0.2) is 6.71 Å². The van der Waals surface area contributed by atoms with Gasteiger partial charge in [0.2, 0.25) is 0 Å². The molecule has 0 radical (unpaired) electrons. The van der Waals surface area contributed by atoms with Crippen molar-refractivity contribution in [1.29, 1.82) is 0 Å². The minimum absolute atomic E-state index is 0.0205. The topological polar surface area (TPSA) is 9.72 Å². The molecule has 0 unspecified atom stereocenters. The fraction of sp³-hybridized carbons (Fsp3) is 0.408. The summed E-state index contributed by atoms with van der Waals surface area (Å²) in [6.07, 6.45) is 5.81. The Morgan fingerprint density at radius 2 is 0.880 bits per heavy atom. The van der Waals surface area contributed by atoms with Crippen molar-refractivity contribution in [3.05, 3.63) is 177 Å². The third-order valence-electron chi connectivity index (χ3n) is 19.6. The molecule has 4 heteroatoms. The van der Waals surface area contributed by atoms with Crippen LogP contribution < -0.4 is 31.1 Å². The van der Waals surface area contributed by atoms with E-state index < -0.39 is 0 Å². The molecule has 0 amide bonds. The molecule has 0 fully saturated rings. The van der Waals surface area contributed by atoms with Crippen molar-refractivity contribution in [3.8, 4) is 0 Å². The van der Waals surface area contributed by atoms with Gasteiger partial charge in [0.1, 0.15) is 0 Å². The van der Waals surface area contributed by atoms with E-state index in [4.69, 9.17) is 0 Å². The second-order valence-corrected chi connectivity index (χ2v) is 28.8. The first-order chi connectivity index (χ1) is 35.1. The number of nitrogens with zero attached hydrogens (tertiary/aromatic N) is 3. The van der Waals surface area contributed by atoms with Gasteiger partial charge in [-0.05, 0) is 223 Å². The molecule has 7 aromatic rings. The molecule has 0 saturated heterocycles. The quantitative estimate of drug-likeness (QED) is 0.159. The fourth-order valence-electron chi connectivity index (χ4n) is 15.4. The molecule has 5 aliphatic rings. The summed E-state index contributed by atoms with van der Waals surface area (Å²) in [5.41, 5.74) is 28.7. The molecule has 2 heterocycles. The Bertz CT molecular complexity index is 3450. The predicted octanol–water partition coefficient (Wildman–Crippen LogP) is 17.8. The first kappa shape index (κ1) is 49.9. The maximum Gasteiger partial charge on any atom is 0.252 e. The molecule has 384 valence electrons. The number of benzene rings is 7.